The highest BCUT2D eigenvalue weighted by Gasteiger charge is 2.46. The minimum absolute atomic E-state index is 0.119. The zero-order valence-electron chi connectivity index (χ0n) is 18.8. The summed E-state index contributed by atoms with van der Waals surface area (Å²) in [5.41, 5.74) is 2.92. The number of halogens is 2. The van der Waals surface area contributed by atoms with Crippen molar-refractivity contribution in [3.05, 3.63) is 48.7 Å². The summed E-state index contributed by atoms with van der Waals surface area (Å²) in [6, 6.07) is 11.4. The van der Waals surface area contributed by atoms with Crippen LogP contribution in [-0.2, 0) is 4.79 Å². The summed E-state index contributed by atoms with van der Waals surface area (Å²) in [5, 5.41) is 5.31. The Kier molecular flexibility index (Phi) is 5.31. The number of anilines is 3. The van der Waals surface area contributed by atoms with Crippen molar-refractivity contribution in [2.75, 3.05) is 32.0 Å². The number of pyridine rings is 1. The van der Waals surface area contributed by atoms with E-state index in [1.807, 2.05) is 0 Å². The molecule has 0 bridgehead atoms. The molecule has 1 aliphatic rings. The predicted octanol–water partition coefficient (Wildman–Crippen LogP) is 5.19. The van der Waals surface area contributed by atoms with Crippen molar-refractivity contribution >= 4 is 34.1 Å². The number of rotatable bonds is 6. The topological polar surface area (TPSA) is 104 Å². The highest BCUT2D eigenvalue weighted by atomic mass is 19.3. The molecule has 11 heteroatoms. The van der Waals surface area contributed by atoms with Crippen LogP contribution in [0.1, 0.15) is 0 Å². The van der Waals surface area contributed by atoms with Crippen LogP contribution in [0.2, 0.25) is 0 Å². The van der Waals surface area contributed by atoms with Gasteiger partial charge in [0.25, 0.3) is 0 Å². The summed E-state index contributed by atoms with van der Waals surface area (Å²) in [7, 11) is 4.57. The maximum Gasteiger partial charge on any atom is 0.482 e. The number of benzene rings is 2. The molecule has 0 radical (unpaired) electrons. The van der Waals surface area contributed by atoms with Crippen LogP contribution in [-0.4, -0.2) is 38.3 Å². The standard InChI is InChI=1S/C24H19F2N3O6/c1-31-19-8-12(9-20(32-2)22(19)33-3)18-11-16-21(34-18)14(6-7-27-16)28-13-4-5-17-15(10-13)29-23(30)24(25,26)35-17/h4-11H,1-3H3,(H,27,28)(H,29,30). The Balaban J connectivity index is 1.50. The Hall–Kier alpha value is -4.54. The zero-order valence-corrected chi connectivity index (χ0v) is 18.8. The monoisotopic (exact) mass is 483 g/mol. The number of aromatic nitrogens is 1. The van der Waals surface area contributed by atoms with Crippen molar-refractivity contribution in [1.29, 1.82) is 0 Å². The molecule has 4 aromatic rings. The van der Waals surface area contributed by atoms with E-state index in [2.05, 4.69) is 20.4 Å². The van der Waals surface area contributed by atoms with Gasteiger partial charge in [-0.15, -0.1) is 0 Å². The Labute approximate surface area is 197 Å². The molecule has 1 aliphatic heterocycles. The lowest BCUT2D eigenvalue weighted by molar-refractivity contribution is -0.189. The average molecular weight is 483 g/mol. The largest absolute Gasteiger partial charge is 0.493 e. The summed E-state index contributed by atoms with van der Waals surface area (Å²) in [5.74, 6) is 0.234. The maximum absolute atomic E-state index is 13.5. The van der Waals surface area contributed by atoms with Crippen molar-refractivity contribution in [3.63, 3.8) is 0 Å². The summed E-state index contributed by atoms with van der Waals surface area (Å²) < 4.78 is 53.8. The van der Waals surface area contributed by atoms with Crippen molar-refractivity contribution in [3.8, 4) is 34.3 Å². The first kappa shape index (κ1) is 22.3. The molecule has 0 spiro atoms. The molecule has 0 fully saturated rings. The molecule has 2 aromatic heterocycles. The smallest absolute Gasteiger partial charge is 0.482 e. The first-order valence-electron chi connectivity index (χ1n) is 10.3. The second-order valence-corrected chi connectivity index (χ2v) is 7.51. The maximum atomic E-state index is 13.5. The fourth-order valence-electron chi connectivity index (χ4n) is 3.73. The number of fused-ring (bicyclic) bond motifs is 2. The van der Waals surface area contributed by atoms with E-state index in [4.69, 9.17) is 18.6 Å². The number of hydrogen-bond donors (Lipinski definition) is 2. The highest BCUT2D eigenvalue weighted by molar-refractivity contribution is 5.99. The van der Waals surface area contributed by atoms with E-state index in [1.165, 1.54) is 33.5 Å². The van der Waals surface area contributed by atoms with E-state index < -0.39 is 12.0 Å². The third-order valence-corrected chi connectivity index (χ3v) is 5.37. The number of nitrogens with zero attached hydrogens (tertiary/aromatic N) is 1. The van der Waals surface area contributed by atoms with Crippen LogP contribution in [0.5, 0.6) is 23.0 Å². The molecule has 0 unspecified atom stereocenters. The lowest BCUT2D eigenvalue weighted by Gasteiger charge is -2.25. The molecular weight excluding hydrogens is 464 g/mol. The second-order valence-electron chi connectivity index (χ2n) is 7.51. The predicted molar refractivity (Wildman–Crippen MR) is 123 cm³/mol. The Morgan fingerprint density at radius 1 is 1.00 bits per heavy atom. The molecular formula is C24H19F2N3O6. The van der Waals surface area contributed by atoms with Crippen LogP contribution in [0.4, 0.5) is 25.8 Å². The van der Waals surface area contributed by atoms with Gasteiger partial charge in [-0.25, -0.2) is 0 Å². The van der Waals surface area contributed by atoms with Gasteiger partial charge in [0.05, 0.1) is 32.7 Å². The van der Waals surface area contributed by atoms with Gasteiger partial charge in [0.15, 0.2) is 22.8 Å². The molecule has 1 amide bonds. The van der Waals surface area contributed by atoms with Gasteiger partial charge in [-0.1, -0.05) is 0 Å². The zero-order chi connectivity index (χ0) is 24.7. The van der Waals surface area contributed by atoms with E-state index in [9.17, 15) is 13.6 Å². The summed E-state index contributed by atoms with van der Waals surface area (Å²) >= 11 is 0. The van der Waals surface area contributed by atoms with Crippen molar-refractivity contribution in [2.45, 2.75) is 6.11 Å². The van der Waals surface area contributed by atoms with Crippen LogP contribution in [0.25, 0.3) is 22.4 Å². The van der Waals surface area contributed by atoms with Gasteiger partial charge in [0.1, 0.15) is 11.3 Å². The highest BCUT2D eigenvalue weighted by Crippen LogP contribution is 2.43. The SMILES string of the molecule is COc1cc(-c2cc3nccc(Nc4ccc5c(c4)NC(=O)C(F)(F)O5)c3o2)cc(OC)c1OC. The minimum atomic E-state index is -3.92. The fraction of sp³-hybridized carbons (Fsp3) is 0.167. The summed E-state index contributed by atoms with van der Waals surface area (Å²) in [6.45, 7) is 0. The van der Waals surface area contributed by atoms with E-state index in [-0.39, 0.29) is 11.4 Å². The number of ether oxygens (including phenoxy) is 4. The van der Waals surface area contributed by atoms with E-state index in [0.717, 1.165) is 0 Å². The third kappa shape index (κ3) is 3.90. The lowest BCUT2D eigenvalue weighted by Crippen LogP contribution is -2.43. The Bertz CT molecular complexity index is 1430. The molecule has 35 heavy (non-hydrogen) atoms. The molecule has 2 N–H and O–H groups in total. The van der Waals surface area contributed by atoms with Gasteiger partial charge >= 0.3 is 12.0 Å². The number of carbonyl (C=O) groups excluding carboxylic acids is 1. The number of nitrogens with one attached hydrogen (secondary N) is 2. The van der Waals surface area contributed by atoms with Crippen LogP contribution >= 0.6 is 0 Å². The quantitative estimate of drug-likeness (QED) is 0.386. The summed E-state index contributed by atoms with van der Waals surface area (Å²) in [4.78, 5) is 15.9. The first-order chi connectivity index (χ1) is 16.8. The van der Waals surface area contributed by atoms with Gasteiger partial charge in [-0.2, -0.15) is 8.78 Å². The molecule has 0 saturated heterocycles. The minimum Gasteiger partial charge on any atom is -0.493 e. The molecule has 180 valence electrons. The Morgan fingerprint density at radius 3 is 2.43 bits per heavy atom. The number of hydrogen-bond acceptors (Lipinski definition) is 8. The van der Waals surface area contributed by atoms with Gasteiger partial charge < -0.3 is 34.0 Å². The van der Waals surface area contributed by atoms with Gasteiger partial charge in [0, 0.05) is 23.5 Å². The van der Waals surface area contributed by atoms with Gasteiger partial charge in [-0.05, 0) is 36.4 Å². The molecule has 5 rings (SSSR count). The summed E-state index contributed by atoms with van der Waals surface area (Å²) in [6.07, 6.45) is -2.32. The fourth-order valence-corrected chi connectivity index (χ4v) is 3.73. The number of alkyl halides is 2. The van der Waals surface area contributed by atoms with Crippen molar-refractivity contribution in [1.82, 2.24) is 4.98 Å². The Morgan fingerprint density at radius 2 is 1.74 bits per heavy atom. The van der Waals surface area contributed by atoms with Gasteiger partial charge in [-0.3, -0.25) is 9.78 Å². The average Bonchev–Trinajstić information content (AvgIpc) is 3.29. The molecule has 9 nitrogen and oxygen atoms in total. The molecule has 0 atom stereocenters. The number of carbonyl (C=O) groups is 1. The molecule has 2 aromatic carbocycles. The van der Waals surface area contributed by atoms with Crippen LogP contribution in [0.3, 0.4) is 0 Å². The number of methoxy groups -OCH3 is 3. The van der Waals surface area contributed by atoms with E-state index in [1.54, 1.807) is 36.5 Å². The second kappa shape index (κ2) is 8.35. The first-order valence-corrected chi connectivity index (χ1v) is 10.3. The van der Waals surface area contributed by atoms with Crippen LogP contribution in [0.15, 0.2) is 53.1 Å². The number of furan rings is 1. The van der Waals surface area contributed by atoms with Crippen LogP contribution < -0.4 is 29.6 Å². The van der Waals surface area contributed by atoms with E-state index in [0.29, 0.717) is 51.0 Å². The third-order valence-electron chi connectivity index (χ3n) is 5.37. The van der Waals surface area contributed by atoms with E-state index >= 15 is 0 Å². The molecule has 0 aliphatic carbocycles. The van der Waals surface area contributed by atoms with Gasteiger partial charge in [0.2, 0.25) is 5.75 Å². The molecule has 3 heterocycles. The molecule has 0 saturated carbocycles. The normalized spacial score (nSPS) is 14.0. The van der Waals surface area contributed by atoms with Crippen molar-refractivity contribution in [2.24, 2.45) is 0 Å². The van der Waals surface area contributed by atoms with Crippen LogP contribution in [0, 0.1) is 0 Å². The lowest BCUT2D eigenvalue weighted by atomic mass is 10.1. The van der Waals surface area contributed by atoms with Crippen molar-refractivity contribution < 1.29 is 36.9 Å². The number of amides is 1.